The van der Waals surface area contributed by atoms with E-state index in [0.717, 1.165) is 0 Å². The van der Waals surface area contributed by atoms with Gasteiger partial charge in [0.05, 0.1) is 0 Å². The smallest absolute Gasteiger partial charge is 0.601 e. The molecule has 0 fully saturated rings. The van der Waals surface area contributed by atoms with Crippen molar-refractivity contribution in [2.45, 2.75) is 11.0 Å². The fourth-order valence-corrected chi connectivity index (χ4v) is 4.09. The molecule has 1 atom stereocenters. The van der Waals surface area contributed by atoms with Crippen molar-refractivity contribution in [3.05, 3.63) is 60.7 Å². The number of hydrogen-bond acceptors (Lipinski definition) is 3. The van der Waals surface area contributed by atoms with Crippen LogP contribution in [0.5, 0.6) is 0 Å². The maximum absolute atomic E-state index is 13.3. The Morgan fingerprint density at radius 1 is 0.815 bits per heavy atom. The van der Waals surface area contributed by atoms with Crippen LogP contribution < -0.4 is 0 Å². The number of hydrogen-bond donors (Lipinski definition) is 0. The molecule has 0 amide bonds. The summed E-state index contributed by atoms with van der Waals surface area (Å²) in [6, 6.07) is 17.2. The van der Waals surface area contributed by atoms with Crippen LogP contribution in [0.15, 0.2) is 60.7 Å². The lowest BCUT2D eigenvalue weighted by molar-refractivity contribution is -0.0864. The van der Waals surface area contributed by atoms with Gasteiger partial charge in [0.15, 0.2) is 19.7 Å². The zero-order valence-electron chi connectivity index (χ0n) is 13.1. The molecule has 0 aliphatic rings. The molecule has 0 bridgehead atoms. The Morgan fingerprint density at radius 3 is 1.78 bits per heavy atom. The predicted octanol–water partition coefficient (Wildman–Crippen LogP) is 5.78. The molecule has 1 unspecified atom stereocenters. The van der Waals surface area contributed by atoms with Crippen molar-refractivity contribution >= 4 is 30.7 Å². The van der Waals surface area contributed by atoms with E-state index in [1.807, 2.05) is 0 Å². The van der Waals surface area contributed by atoms with E-state index in [1.54, 1.807) is 60.7 Å². The van der Waals surface area contributed by atoms with E-state index < -0.39 is 31.6 Å². The van der Waals surface area contributed by atoms with Crippen molar-refractivity contribution in [2.75, 3.05) is 0 Å². The minimum atomic E-state index is -6.09. The number of thiophene rings is 1. The zero-order valence-corrected chi connectivity index (χ0v) is 14.7. The van der Waals surface area contributed by atoms with E-state index >= 15 is 0 Å². The first-order valence-corrected chi connectivity index (χ1v) is 9.65. The van der Waals surface area contributed by atoms with Crippen LogP contribution in [0.3, 0.4) is 0 Å². The molecule has 3 rings (SSSR count). The molecule has 3 nitrogen and oxygen atoms in total. The third kappa shape index (κ3) is 4.99. The molecule has 2 aromatic carbocycles. The molecular weight excluding hydrogens is 418 g/mol. The topological polar surface area (TPSA) is 57.2 Å². The van der Waals surface area contributed by atoms with Crippen LogP contribution >= 0.6 is 10.5 Å². The van der Waals surface area contributed by atoms with Gasteiger partial charge < -0.3 is 4.55 Å². The number of rotatable bonds is 1. The summed E-state index contributed by atoms with van der Waals surface area (Å²) >= 11 is 0. The molecule has 0 N–H and O–H groups in total. The largest absolute Gasteiger partial charge is 0.741 e. The summed E-state index contributed by atoms with van der Waals surface area (Å²) in [7, 11) is -7.94. The summed E-state index contributed by atoms with van der Waals surface area (Å²) < 4.78 is 99.3. The molecule has 11 heteroatoms. The fourth-order valence-electron chi connectivity index (χ4n) is 2.16. The second-order valence-corrected chi connectivity index (χ2v) is 8.39. The van der Waals surface area contributed by atoms with E-state index in [9.17, 15) is 26.3 Å². The maximum atomic E-state index is 13.3. The Hall–Kier alpha value is -2.11. The van der Waals surface area contributed by atoms with E-state index in [4.69, 9.17) is 13.0 Å². The summed E-state index contributed by atoms with van der Waals surface area (Å²) in [5, 5.41) is 0.669. The minimum absolute atomic E-state index is 0.356. The molecule has 0 radical (unpaired) electrons. The van der Waals surface area contributed by atoms with E-state index in [0.29, 0.717) is 20.5 Å². The van der Waals surface area contributed by atoms with Gasteiger partial charge in [0, 0.05) is 17.0 Å². The van der Waals surface area contributed by atoms with Gasteiger partial charge >= 0.3 is 11.0 Å². The molecule has 3 aromatic rings. The molecule has 0 aliphatic carbocycles. The van der Waals surface area contributed by atoms with Crippen LogP contribution in [0.25, 0.3) is 20.5 Å². The highest BCUT2D eigenvalue weighted by Crippen LogP contribution is 2.54. The number of alkyl halides is 6. The van der Waals surface area contributed by atoms with Gasteiger partial charge in [0.2, 0.25) is 0 Å². The van der Waals surface area contributed by atoms with Crippen molar-refractivity contribution < 1.29 is 39.3 Å². The van der Waals surface area contributed by atoms with E-state index in [2.05, 4.69) is 0 Å². The highest BCUT2D eigenvalue weighted by atomic mass is 32.2. The van der Waals surface area contributed by atoms with Crippen molar-refractivity contribution in [3.8, 4) is 10.4 Å². The molecule has 1 heterocycles. The summed E-state index contributed by atoms with van der Waals surface area (Å²) in [6.45, 7) is 0. The Labute approximate surface area is 152 Å². The third-order valence-corrected chi connectivity index (χ3v) is 5.85. The molecular formula is C16H10F6O3S2. The van der Waals surface area contributed by atoms with Crippen molar-refractivity contribution in [2.24, 2.45) is 0 Å². The van der Waals surface area contributed by atoms with E-state index in [-0.39, 0.29) is 0 Å². The Bertz CT molecular complexity index is 1020. The molecule has 0 spiro atoms. The summed E-state index contributed by atoms with van der Waals surface area (Å²) in [4.78, 5) is 0.356. The summed E-state index contributed by atoms with van der Waals surface area (Å²) in [5.41, 5.74) is -9.25. The average Bonchev–Trinajstić information content (AvgIpc) is 2.94. The monoisotopic (exact) mass is 428 g/mol. The average molecular weight is 428 g/mol. The second-order valence-electron chi connectivity index (χ2n) is 5.06. The lowest BCUT2D eigenvalue weighted by atomic mass is 10.2. The molecule has 27 heavy (non-hydrogen) atoms. The summed E-state index contributed by atoms with van der Waals surface area (Å²) in [6.07, 6.45) is 0. The molecule has 0 saturated carbocycles. The first-order valence-electron chi connectivity index (χ1n) is 7.02. The van der Waals surface area contributed by atoms with Gasteiger partial charge in [0.1, 0.15) is 10.5 Å². The van der Waals surface area contributed by atoms with Crippen LogP contribution in [-0.4, -0.2) is 18.5 Å². The van der Waals surface area contributed by atoms with Gasteiger partial charge in [0.25, 0.3) is 0 Å². The van der Waals surface area contributed by atoms with Crippen molar-refractivity contribution in [1.82, 2.24) is 0 Å². The molecule has 0 saturated heterocycles. The second kappa shape index (κ2) is 7.49. The van der Waals surface area contributed by atoms with Gasteiger partial charge in [-0.1, -0.05) is 30.3 Å². The Kier molecular flexibility index (Phi) is 5.88. The Morgan fingerprint density at radius 2 is 1.30 bits per heavy atom. The van der Waals surface area contributed by atoms with Gasteiger partial charge in [-0.05, 0) is 24.3 Å². The predicted molar refractivity (Wildman–Crippen MR) is 88.9 cm³/mol. The van der Waals surface area contributed by atoms with Gasteiger partial charge in [-0.25, -0.2) is 8.42 Å². The first-order chi connectivity index (χ1) is 12.3. The maximum Gasteiger partial charge on any atom is 0.601 e. The third-order valence-electron chi connectivity index (χ3n) is 3.22. The lowest BCUT2D eigenvalue weighted by Gasteiger charge is -2.08. The highest BCUT2D eigenvalue weighted by Gasteiger charge is 2.48. The molecule has 1 aromatic heterocycles. The standard InChI is InChI=1S/C15H10F3S.CHF3O3S/c16-15(17,18)19-13-9-5-4-8-12(13)10-14(19)11-6-2-1-3-7-11;2-1(3,4)8(5,6)7/h1-10H;(H,5,6,7)/q+1;/p-1. The van der Waals surface area contributed by atoms with Crippen LogP contribution in [0.4, 0.5) is 26.3 Å². The molecule has 0 aliphatic heterocycles. The first kappa shape index (κ1) is 21.2. The van der Waals surface area contributed by atoms with Gasteiger partial charge in [-0.2, -0.15) is 13.2 Å². The molecule has 146 valence electrons. The number of benzene rings is 2. The normalized spacial score (nSPS) is 13.2. The van der Waals surface area contributed by atoms with E-state index in [1.165, 1.54) is 0 Å². The van der Waals surface area contributed by atoms with Gasteiger partial charge in [-0.15, -0.1) is 13.2 Å². The highest BCUT2D eigenvalue weighted by molar-refractivity contribution is 7.86. The van der Waals surface area contributed by atoms with Crippen LogP contribution in [-0.2, 0) is 15.6 Å². The van der Waals surface area contributed by atoms with Crippen LogP contribution in [0, 0.1) is 0 Å². The number of halogens is 6. The van der Waals surface area contributed by atoms with Gasteiger partial charge in [-0.3, -0.25) is 0 Å². The van der Waals surface area contributed by atoms with Crippen molar-refractivity contribution in [3.63, 3.8) is 0 Å². The lowest BCUT2D eigenvalue weighted by Crippen LogP contribution is -2.21. The minimum Gasteiger partial charge on any atom is -0.741 e. The van der Waals surface area contributed by atoms with Crippen LogP contribution in [0.1, 0.15) is 0 Å². The fraction of sp³-hybridized carbons (Fsp3) is 0.125. The number of fused-ring (bicyclic) bond motifs is 1. The Balaban J connectivity index is 0.000000279. The van der Waals surface area contributed by atoms with Crippen LogP contribution in [0.2, 0.25) is 0 Å². The summed E-state index contributed by atoms with van der Waals surface area (Å²) in [5.74, 6) is 0. The zero-order chi connectivity index (χ0) is 20.5. The quantitative estimate of drug-likeness (QED) is 0.214. The van der Waals surface area contributed by atoms with Crippen molar-refractivity contribution in [1.29, 1.82) is 0 Å². The SMILES string of the molecule is FC(F)(F)[s+]1c(-c2ccccc2)cc2ccccc21.O=S(=O)([O-])C(F)(F)F.